The van der Waals surface area contributed by atoms with E-state index in [1.54, 1.807) is 4.90 Å². The summed E-state index contributed by atoms with van der Waals surface area (Å²) >= 11 is 0. The highest BCUT2D eigenvalue weighted by atomic mass is 19.3. The number of hydrogen-bond donors (Lipinski definition) is 1. The number of amides is 1. The number of rotatable bonds is 6. The van der Waals surface area contributed by atoms with E-state index in [1.165, 1.54) is 14.0 Å². The van der Waals surface area contributed by atoms with Crippen LogP contribution in [0.4, 0.5) is 8.78 Å². The van der Waals surface area contributed by atoms with Crippen molar-refractivity contribution in [2.24, 2.45) is 5.92 Å². The van der Waals surface area contributed by atoms with E-state index in [1.807, 2.05) is 0 Å². The first-order valence-corrected chi connectivity index (χ1v) is 6.76. The molecule has 0 aromatic rings. The normalized spacial score (nSPS) is 22.9. The van der Waals surface area contributed by atoms with Crippen LogP contribution in [0.5, 0.6) is 0 Å². The Labute approximate surface area is 117 Å². The van der Waals surface area contributed by atoms with E-state index >= 15 is 0 Å². The van der Waals surface area contributed by atoms with Gasteiger partial charge in [-0.25, -0.2) is 8.78 Å². The van der Waals surface area contributed by atoms with Crippen molar-refractivity contribution in [1.29, 1.82) is 0 Å². The van der Waals surface area contributed by atoms with Gasteiger partial charge in [0.1, 0.15) is 0 Å². The van der Waals surface area contributed by atoms with Gasteiger partial charge in [0.2, 0.25) is 5.91 Å². The zero-order valence-electron chi connectivity index (χ0n) is 11.9. The molecule has 0 aliphatic carbocycles. The zero-order chi connectivity index (χ0) is 15.1. The molecule has 20 heavy (non-hydrogen) atoms. The second-order valence-electron chi connectivity index (χ2n) is 5.14. The second-order valence-corrected chi connectivity index (χ2v) is 5.14. The molecule has 2 atom stereocenters. The molecule has 1 amide bonds. The lowest BCUT2D eigenvalue weighted by molar-refractivity contribution is -0.141. The summed E-state index contributed by atoms with van der Waals surface area (Å²) in [5, 5.41) is 2.78. The molecule has 1 heterocycles. The molecule has 116 valence electrons. The van der Waals surface area contributed by atoms with E-state index in [2.05, 4.69) is 10.1 Å². The Balaban J connectivity index is 2.51. The number of hydrogen-bond acceptors (Lipinski definition) is 4. The van der Waals surface area contributed by atoms with Crippen molar-refractivity contribution < 1.29 is 23.1 Å². The Morgan fingerprint density at radius 3 is 2.65 bits per heavy atom. The Bertz CT molecular complexity index is 340. The molecular weight excluding hydrogens is 270 g/mol. The summed E-state index contributed by atoms with van der Waals surface area (Å²) in [6, 6.07) is -0.149. The van der Waals surface area contributed by atoms with Gasteiger partial charge in [0.25, 0.3) is 6.43 Å². The van der Waals surface area contributed by atoms with Crippen molar-refractivity contribution in [3.8, 4) is 0 Å². The molecule has 0 spiro atoms. The van der Waals surface area contributed by atoms with Gasteiger partial charge in [-0.1, -0.05) is 0 Å². The van der Waals surface area contributed by atoms with Crippen LogP contribution in [0.2, 0.25) is 0 Å². The third-order valence-electron chi connectivity index (χ3n) is 3.53. The molecule has 0 bridgehead atoms. The number of alkyl halides is 2. The number of carbonyl (C=O) groups is 2. The van der Waals surface area contributed by atoms with Crippen molar-refractivity contribution in [2.75, 3.05) is 26.7 Å². The molecule has 1 aliphatic heterocycles. The molecule has 1 fully saturated rings. The van der Waals surface area contributed by atoms with Gasteiger partial charge in [0, 0.05) is 32.5 Å². The Hall–Kier alpha value is -1.24. The number of methoxy groups -OCH3 is 1. The number of nitrogens with one attached hydrogen (secondary N) is 1. The van der Waals surface area contributed by atoms with Gasteiger partial charge in [-0.2, -0.15) is 0 Å². The largest absolute Gasteiger partial charge is 0.469 e. The lowest BCUT2D eigenvalue weighted by atomic mass is 9.90. The second kappa shape index (κ2) is 8.14. The average molecular weight is 292 g/mol. The first-order chi connectivity index (χ1) is 9.42. The topological polar surface area (TPSA) is 58.6 Å². The van der Waals surface area contributed by atoms with Crippen LogP contribution in [-0.2, 0) is 14.3 Å². The average Bonchev–Trinajstić information content (AvgIpc) is 2.42. The summed E-state index contributed by atoms with van der Waals surface area (Å²) in [5.41, 5.74) is 0. The van der Waals surface area contributed by atoms with Crippen LogP contribution in [-0.4, -0.2) is 56.0 Å². The van der Waals surface area contributed by atoms with E-state index in [0.29, 0.717) is 25.9 Å². The van der Waals surface area contributed by atoms with Crippen LogP contribution in [0.25, 0.3) is 0 Å². The SMILES string of the molecule is COC(=O)CCC1CC(NCC(F)F)CN(C(C)=O)C1. The highest BCUT2D eigenvalue weighted by Crippen LogP contribution is 2.22. The fourth-order valence-electron chi connectivity index (χ4n) is 2.50. The van der Waals surface area contributed by atoms with Gasteiger partial charge in [-0.3, -0.25) is 9.59 Å². The molecule has 0 radical (unpaired) electrons. The summed E-state index contributed by atoms with van der Waals surface area (Å²) in [5.74, 6) is -0.236. The lowest BCUT2D eigenvalue weighted by Gasteiger charge is -2.37. The Morgan fingerprint density at radius 1 is 1.40 bits per heavy atom. The van der Waals surface area contributed by atoms with Crippen molar-refractivity contribution in [3.63, 3.8) is 0 Å². The molecule has 0 aromatic carbocycles. The van der Waals surface area contributed by atoms with E-state index in [-0.39, 0.29) is 36.8 Å². The number of carbonyl (C=O) groups excluding carboxylic acids is 2. The minimum absolute atomic E-state index is 0.0726. The van der Waals surface area contributed by atoms with Gasteiger partial charge < -0.3 is 15.0 Å². The van der Waals surface area contributed by atoms with Crippen molar-refractivity contribution >= 4 is 11.9 Å². The predicted octanol–water partition coefficient (Wildman–Crippen LogP) is 1.03. The third kappa shape index (κ3) is 5.81. The van der Waals surface area contributed by atoms with Crippen LogP contribution < -0.4 is 5.32 Å². The Morgan fingerprint density at radius 2 is 2.10 bits per heavy atom. The fraction of sp³-hybridized carbons (Fsp3) is 0.846. The van der Waals surface area contributed by atoms with Gasteiger partial charge in [0.05, 0.1) is 13.7 Å². The minimum Gasteiger partial charge on any atom is -0.469 e. The number of piperidine rings is 1. The van der Waals surface area contributed by atoms with Gasteiger partial charge >= 0.3 is 5.97 Å². The number of esters is 1. The summed E-state index contributed by atoms with van der Waals surface area (Å²) in [7, 11) is 1.33. The summed E-state index contributed by atoms with van der Waals surface area (Å²) in [6.07, 6.45) is -0.832. The summed E-state index contributed by atoms with van der Waals surface area (Å²) in [4.78, 5) is 24.3. The standard InChI is InChI=1S/C13H22F2N2O3/c1-9(18)17-7-10(3-4-13(19)20-2)5-11(8-17)16-6-12(14)15/h10-12,16H,3-8H2,1-2H3. The lowest BCUT2D eigenvalue weighted by Crippen LogP contribution is -2.51. The number of ether oxygens (including phenoxy) is 1. The van der Waals surface area contributed by atoms with Gasteiger partial charge in [0.15, 0.2) is 0 Å². The maximum atomic E-state index is 12.2. The van der Waals surface area contributed by atoms with Crippen LogP contribution in [0, 0.1) is 5.92 Å². The summed E-state index contributed by atoms with van der Waals surface area (Å²) < 4.78 is 29.1. The quantitative estimate of drug-likeness (QED) is 0.743. The smallest absolute Gasteiger partial charge is 0.305 e. The molecule has 5 nitrogen and oxygen atoms in total. The predicted molar refractivity (Wildman–Crippen MR) is 69.4 cm³/mol. The van der Waals surface area contributed by atoms with Crippen molar-refractivity contribution in [2.45, 2.75) is 38.7 Å². The van der Waals surface area contributed by atoms with Crippen LogP contribution in [0.1, 0.15) is 26.2 Å². The van der Waals surface area contributed by atoms with Crippen LogP contribution in [0.15, 0.2) is 0 Å². The molecule has 7 heteroatoms. The van der Waals surface area contributed by atoms with E-state index in [4.69, 9.17) is 0 Å². The highest BCUT2D eigenvalue weighted by molar-refractivity contribution is 5.73. The van der Waals surface area contributed by atoms with E-state index in [0.717, 1.165) is 0 Å². The molecule has 1 aliphatic rings. The van der Waals surface area contributed by atoms with Crippen molar-refractivity contribution in [3.05, 3.63) is 0 Å². The Kier molecular flexibility index (Phi) is 6.84. The minimum atomic E-state index is -2.41. The third-order valence-corrected chi connectivity index (χ3v) is 3.53. The number of halogens is 2. The molecule has 0 aromatic heterocycles. The van der Waals surface area contributed by atoms with Crippen molar-refractivity contribution in [1.82, 2.24) is 10.2 Å². The van der Waals surface area contributed by atoms with Crippen LogP contribution >= 0.6 is 0 Å². The summed E-state index contributed by atoms with van der Waals surface area (Å²) in [6.45, 7) is 2.10. The van der Waals surface area contributed by atoms with Gasteiger partial charge in [-0.15, -0.1) is 0 Å². The number of nitrogens with zero attached hydrogens (tertiary/aromatic N) is 1. The molecule has 1 saturated heterocycles. The molecule has 1 rings (SSSR count). The maximum Gasteiger partial charge on any atom is 0.305 e. The monoisotopic (exact) mass is 292 g/mol. The molecule has 0 saturated carbocycles. The zero-order valence-corrected chi connectivity index (χ0v) is 11.9. The van der Waals surface area contributed by atoms with Crippen LogP contribution in [0.3, 0.4) is 0 Å². The first-order valence-electron chi connectivity index (χ1n) is 6.76. The number of likely N-dealkylation sites (tertiary alicyclic amines) is 1. The van der Waals surface area contributed by atoms with E-state index < -0.39 is 6.43 Å². The molecule has 1 N–H and O–H groups in total. The highest BCUT2D eigenvalue weighted by Gasteiger charge is 2.29. The molecular formula is C13H22F2N2O3. The maximum absolute atomic E-state index is 12.2. The fourth-order valence-corrected chi connectivity index (χ4v) is 2.50. The first kappa shape index (κ1) is 16.8. The van der Waals surface area contributed by atoms with E-state index in [9.17, 15) is 18.4 Å². The molecule has 2 unspecified atom stereocenters. The van der Waals surface area contributed by atoms with Gasteiger partial charge in [-0.05, 0) is 18.8 Å².